The topological polar surface area (TPSA) is 109 Å². The lowest BCUT2D eigenvalue weighted by Gasteiger charge is -2.11. The summed E-state index contributed by atoms with van der Waals surface area (Å²) in [5.41, 5.74) is 5.23. The highest BCUT2D eigenvalue weighted by atomic mass is 16.5. The average Bonchev–Trinajstić information content (AvgIpc) is 2.70. The summed E-state index contributed by atoms with van der Waals surface area (Å²) < 4.78 is 5.10. The Bertz CT molecular complexity index is 238. The predicted octanol–water partition coefficient (Wildman–Crippen LogP) is -0.789. The van der Waals surface area contributed by atoms with Crippen molar-refractivity contribution in [3.05, 3.63) is 0 Å². The third-order valence-corrected chi connectivity index (χ3v) is 2.06. The second-order valence-electron chi connectivity index (χ2n) is 3.30. The lowest BCUT2D eigenvalue weighted by molar-refractivity contribution is 0.188. The van der Waals surface area contributed by atoms with E-state index in [9.17, 15) is 4.79 Å². The van der Waals surface area contributed by atoms with Crippen LogP contribution in [0.2, 0.25) is 0 Å². The first-order valence-electron chi connectivity index (χ1n) is 4.81. The van der Waals surface area contributed by atoms with E-state index in [0.29, 0.717) is 26.2 Å². The zero-order valence-electron chi connectivity index (χ0n) is 8.40. The lowest BCUT2D eigenvalue weighted by atomic mass is 10.3. The van der Waals surface area contributed by atoms with Gasteiger partial charge >= 0.3 is 6.03 Å². The van der Waals surface area contributed by atoms with Crippen molar-refractivity contribution in [1.29, 1.82) is 0 Å². The molecule has 1 heterocycles. The smallest absolute Gasteiger partial charge is 0.315 e. The number of urea groups is 1. The zero-order chi connectivity index (χ0) is 11.1. The van der Waals surface area contributed by atoms with Gasteiger partial charge in [0.05, 0.1) is 12.6 Å². The van der Waals surface area contributed by atoms with E-state index in [1.54, 1.807) is 0 Å². The molecular weight excluding hydrogens is 200 g/mol. The van der Waals surface area contributed by atoms with Crippen LogP contribution >= 0.6 is 0 Å². The standard InChI is InChI=1S/C8H16N4O3/c9-7(12-14)1-3-10-8(13)11-6-2-4-15-5-6/h6,14H,1-5H2,(H2,9,12)(H2,10,11,13). The van der Waals surface area contributed by atoms with Crippen LogP contribution in [0.5, 0.6) is 0 Å². The predicted molar refractivity (Wildman–Crippen MR) is 53.8 cm³/mol. The molecule has 15 heavy (non-hydrogen) atoms. The molecule has 1 aliphatic rings. The third-order valence-electron chi connectivity index (χ3n) is 2.06. The molecule has 0 aromatic carbocycles. The summed E-state index contributed by atoms with van der Waals surface area (Å²) in [6.07, 6.45) is 1.17. The van der Waals surface area contributed by atoms with Crippen molar-refractivity contribution in [1.82, 2.24) is 10.6 Å². The molecule has 0 bridgehead atoms. The second-order valence-corrected chi connectivity index (χ2v) is 3.30. The highest BCUT2D eigenvalue weighted by Crippen LogP contribution is 2.02. The van der Waals surface area contributed by atoms with E-state index in [0.717, 1.165) is 6.42 Å². The van der Waals surface area contributed by atoms with Crippen molar-refractivity contribution < 1.29 is 14.7 Å². The van der Waals surface area contributed by atoms with Crippen LogP contribution in [-0.2, 0) is 4.74 Å². The van der Waals surface area contributed by atoms with Gasteiger partial charge in [-0.05, 0) is 6.42 Å². The van der Waals surface area contributed by atoms with Crippen molar-refractivity contribution in [2.24, 2.45) is 10.9 Å². The highest BCUT2D eigenvalue weighted by molar-refractivity contribution is 5.80. The first-order chi connectivity index (χ1) is 7.22. The van der Waals surface area contributed by atoms with Gasteiger partial charge in [0.25, 0.3) is 0 Å². The van der Waals surface area contributed by atoms with E-state index in [1.807, 2.05) is 0 Å². The van der Waals surface area contributed by atoms with Crippen LogP contribution in [-0.4, -0.2) is 42.9 Å². The van der Waals surface area contributed by atoms with Gasteiger partial charge in [0.2, 0.25) is 0 Å². The Kier molecular flexibility index (Phi) is 4.69. The summed E-state index contributed by atoms with van der Waals surface area (Å²) in [7, 11) is 0. The van der Waals surface area contributed by atoms with Gasteiger partial charge in [0.15, 0.2) is 0 Å². The van der Waals surface area contributed by atoms with Crippen molar-refractivity contribution in [3.8, 4) is 0 Å². The molecule has 7 nitrogen and oxygen atoms in total. The van der Waals surface area contributed by atoms with Crippen LogP contribution in [0, 0.1) is 0 Å². The molecule has 1 atom stereocenters. The molecule has 5 N–H and O–H groups in total. The largest absolute Gasteiger partial charge is 0.409 e. The van der Waals surface area contributed by atoms with E-state index in [-0.39, 0.29) is 17.9 Å². The first kappa shape index (κ1) is 11.6. The number of carbonyl (C=O) groups is 1. The minimum atomic E-state index is -0.253. The number of hydrogen-bond acceptors (Lipinski definition) is 4. The molecular formula is C8H16N4O3. The summed E-state index contributed by atoms with van der Waals surface area (Å²) in [6.45, 7) is 1.60. The summed E-state index contributed by atoms with van der Waals surface area (Å²) in [6, 6.07) is -0.162. The molecule has 0 aromatic rings. The molecule has 1 aliphatic heterocycles. The number of oxime groups is 1. The molecule has 0 aliphatic carbocycles. The van der Waals surface area contributed by atoms with Crippen LogP contribution < -0.4 is 16.4 Å². The molecule has 86 valence electrons. The number of amides is 2. The fraction of sp³-hybridized carbons (Fsp3) is 0.750. The molecule has 0 radical (unpaired) electrons. The first-order valence-corrected chi connectivity index (χ1v) is 4.81. The summed E-state index contributed by atoms with van der Waals surface area (Å²) in [5, 5.41) is 16.4. The van der Waals surface area contributed by atoms with Gasteiger partial charge < -0.3 is 26.3 Å². The Balaban J connectivity index is 2.08. The second kappa shape index (κ2) is 6.07. The zero-order valence-corrected chi connectivity index (χ0v) is 8.40. The molecule has 2 amide bonds. The maximum atomic E-state index is 11.2. The highest BCUT2D eigenvalue weighted by Gasteiger charge is 2.17. The normalized spacial score (nSPS) is 21.3. The molecule has 1 rings (SSSR count). The van der Waals surface area contributed by atoms with E-state index < -0.39 is 0 Å². The Hall–Kier alpha value is -1.50. The van der Waals surface area contributed by atoms with Crippen molar-refractivity contribution in [3.63, 3.8) is 0 Å². The van der Waals surface area contributed by atoms with E-state index in [1.165, 1.54) is 0 Å². The lowest BCUT2D eigenvalue weighted by Crippen LogP contribution is -2.43. The van der Waals surface area contributed by atoms with Crippen molar-refractivity contribution in [2.45, 2.75) is 18.9 Å². The van der Waals surface area contributed by atoms with Crippen molar-refractivity contribution in [2.75, 3.05) is 19.8 Å². The van der Waals surface area contributed by atoms with Gasteiger partial charge in [-0.25, -0.2) is 4.79 Å². The van der Waals surface area contributed by atoms with Crippen LogP contribution in [0.15, 0.2) is 5.16 Å². The fourth-order valence-electron chi connectivity index (χ4n) is 1.24. The Morgan fingerprint density at radius 2 is 2.47 bits per heavy atom. The third kappa shape index (κ3) is 4.50. The number of hydrogen-bond donors (Lipinski definition) is 4. The quantitative estimate of drug-likeness (QED) is 0.214. The van der Waals surface area contributed by atoms with E-state index >= 15 is 0 Å². The molecule has 1 saturated heterocycles. The van der Waals surface area contributed by atoms with Gasteiger partial charge in [-0.1, -0.05) is 5.16 Å². The number of amidine groups is 1. The number of nitrogens with zero attached hydrogens (tertiary/aromatic N) is 1. The molecule has 0 saturated carbocycles. The van der Waals surface area contributed by atoms with Gasteiger partial charge in [-0.15, -0.1) is 0 Å². The fourth-order valence-corrected chi connectivity index (χ4v) is 1.24. The SMILES string of the molecule is NC(CCNC(=O)NC1CCOC1)=NO. The van der Waals surface area contributed by atoms with E-state index in [4.69, 9.17) is 15.7 Å². The van der Waals surface area contributed by atoms with Gasteiger partial charge in [0, 0.05) is 19.6 Å². The maximum absolute atomic E-state index is 11.2. The van der Waals surface area contributed by atoms with Crippen molar-refractivity contribution >= 4 is 11.9 Å². The minimum Gasteiger partial charge on any atom is -0.409 e. The number of ether oxygens (including phenoxy) is 1. The summed E-state index contributed by atoms with van der Waals surface area (Å²) >= 11 is 0. The average molecular weight is 216 g/mol. The van der Waals surface area contributed by atoms with E-state index in [2.05, 4.69) is 15.8 Å². The minimum absolute atomic E-state index is 0.0915. The number of rotatable bonds is 4. The Morgan fingerprint density at radius 3 is 3.07 bits per heavy atom. The number of carbonyl (C=O) groups excluding carboxylic acids is 1. The van der Waals surface area contributed by atoms with Crippen LogP contribution in [0.3, 0.4) is 0 Å². The molecule has 7 heteroatoms. The molecule has 0 aromatic heterocycles. The summed E-state index contributed by atoms with van der Waals surface area (Å²) in [4.78, 5) is 11.2. The van der Waals surface area contributed by atoms with Crippen LogP contribution in [0.1, 0.15) is 12.8 Å². The summed E-state index contributed by atoms with van der Waals surface area (Å²) in [5.74, 6) is 0.0968. The molecule has 1 fully saturated rings. The van der Waals surface area contributed by atoms with Gasteiger partial charge in [-0.2, -0.15) is 0 Å². The molecule has 0 spiro atoms. The maximum Gasteiger partial charge on any atom is 0.315 e. The Labute approximate surface area is 87.6 Å². The van der Waals surface area contributed by atoms with Gasteiger partial charge in [0.1, 0.15) is 5.84 Å². The van der Waals surface area contributed by atoms with Crippen LogP contribution in [0.25, 0.3) is 0 Å². The molecule has 1 unspecified atom stereocenters. The Morgan fingerprint density at radius 1 is 1.67 bits per heavy atom. The number of nitrogens with two attached hydrogens (primary N) is 1. The van der Waals surface area contributed by atoms with Gasteiger partial charge in [-0.3, -0.25) is 0 Å². The monoisotopic (exact) mass is 216 g/mol. The van der Waals surface area contributed by atoms with Crippen LogP contribution in [0.4, 0.5) is 4.79 Å². The number of nitrogens with one attached hydrogen (secondary N) is 2.